The Morgan fingerprint density at radius 2 is 2.00 bits per heavy atom. The minimum atomic E-state index is -1.36. The molecule has 2 N–H and O–H groups in total. The number of carbonyl (C=O) groups is 1. The summed E-state index contributed by atoms with van der Waals surface area (Å²) in [6.45, 7) is 1.45. The molecule has 1 aliphatic rings. The summed E-state index contributed by atoms with van der Waals surface area (Å²) in [6.07, 6.45) is -4.38. The second-order valence-corrected chi connectivity index (χ2v) is 4.99. The van der Waals surface area contributed by atoms with Crippen LogP contribution in [0.25, 0.3) is 0 Å². The van der Waals surface area contributed by atoms with E-state index in [1.165, 1.54) is 6.92 Å². The van der Waals surface area contributed by atoms with Crippen molar-refractivity contribution in [2.24, 2.45) is 0 Å². The molecule has 122 valence electrons. The molecular formula is C15H20O7. The molecule has 0 saturated carbocycles. The highest BCUT2D eigenvalue weighted by Crippen LogP contribution is 2.21. The van der Waals surface area contributed by atoms with Gasteiger partial charge >= 0.3 is 5.97 Å². The highest BCUT2D eigenvalue weighted by Gasteiger charge is 2.41. The van der Waals surface area contributed by atoms with E-state index in [9.17, 15) is 15.0 Å². The predicted octanol–water partition coefficient (Wildman–Crippen LogP) is 0.222. The molecule has 1 aromatic rings. The molecule has 0 aliphatic carbocycles. The van der Waals surface area contributed by atoms with E-state index < -0.39 is 30.6 Å². The number of hydrogen-bond acceptors (Lipinski definition) is 7. The Kier molecular flexibility index (Phi) is 5.73. The lowest BCUT2D eigenvalue weighted by molar-refractivity contribution is -0.268. The van der Waals surface area contributed by atoms with Crippen LogP contribution in [0.2, 0.25) is 0 Å². The van der Waals surface area contributed by atoms with Crippen molar-refractivity contribution in [3.05, 3.63) is 29.8 Å². The van der Waals surface area contributed by atoms with E-state index in [4.69, 9.17) is 18.9 Å². The van der Waals surface area contributed by atoms with Gasteiger partial charge in [-0.1, -0.05) is 12.1 Å². The van der Waals surface area contributed by atoms with Crippen LogP contribution in [0.5, 0.6) is 5.75 Å². The fourth-order valence-electron chi connectivity index (χ4n) is 2.16. The number of methoxy groups -OCH3 is 1. The predicted molar refractivity (Wildman–Crippen MR) is 75.1 cm³/mol. The van der Waals surface area contributed by atoms with Crippen LogP contribution in [-0.4, -0.2) is 54.5 Å². The van der Waals surface area contributed by atoms with Gasteiger partial charge in [-0.3, -0.25) is 4.79 Å². The minimum absolute atomic E-state index is 0.0102. The van der Waals surface area contributed by atoms with Crippen molar-refractivity contribution in [2.75, 3.05) is 13.7 Å². The maximum absolute atomic E-state index is 11.0. The van der Waals surface area contributed by atoms with Crippen LogP contribution in [0, 0.1) is 0 Å². The molecule has 1 fully saturated rings. The van der Waals surface area contributed by atoms with Crippen LogP contribution in [0.15, 0.2) is 24.3 Å². The highest BCUT2D eigenvalue weighted by atomic mass is 16.7. The van der Waals surface area contributed by atoms with Crippen molar-refractivity contribution >= 4 is 5.97 Å². The maximum atomic E-state index is 11.0. The first kappa shape index (κ1) is 16.7. The van der Waals surface area contributed by atoms with Crippen LogP contribution in [0.4, 0.5) is 0 Å². The summed E-state index contributed by atoms with van der Waals surface area (Å²) in [5, 5.41) is 19.8. The third kappa shape index (κ3) is 4.17. The summed E-state index contributed by atoms with van der Waals surface area (Å²) in [5.74, 6) is 0.130. The highest BCUT2D eigenvalue weighted by molar-refractivity contribution is 5.66. The van der Waals surface area contributed by atoms with Crippen LogP contribution in [-0.2, 0) is 25.6 Å². The Labute approximate surface area is 128 Å². The summed E-state index contributed by atoms with van der Waals surface area (Å²) in [4.78, 5) is 11.0. The Balaban J connectivity index is 1.92. The molecule has 1 aromatic carbocycles. The summed E-state index contributed by atoms with van der Waals surface area (Å²) in [7, 11) is 1.59. The second-order valence-electron chi connectivity index (χ2n) is 4.99. The van der Waals surface area contributed by atoms with Gasteiger partial charge in [0.2, 0.25) is 0 Å². The lowest BCUT2D eigenvalue weighted by atomic mass is 10.0. The molecule has 1 heterocycles. The molecule has 7 nitrogen and oxygen atoms in total. The lowest BCUT2D eigenvalue weighted by Gasteiger charge is -2.36. The topological polar surface area (TPSA) is 94.5 Å². The Morgan fingerprint density at radius 3 is 2.59 bits per heavy atom. The number of aliphatic hydroxyl groups is 2. The van der Waals surface area contributed by atoms with Gasteiger partial charge in [0.05, 0.1) is 20.3 Å². The van der Waals surface area contributed by atoms with Gasteiger partial charge in [-0.2, -0.15) is 0 Å². The van der Waals surface area contributed by atoms with Gasteiger partial charge in [-0.15, -0.1) is 0 Å². The number of carbonyl (C=O) groups excluding carboxylic acids is 1. The monoisotopic (exact) mass is 312 g/mol. The molecular weight excluding hydrogens is 292 g/mol. The van der Waals surface area contributed by atoms with E-state index >= 15 is 0 Å². The molecule has 0 spiro atoms. The van der Waals surface area contributed by atoms with Gasteiger partial charge in [-0.25, -0.2) is 0 Å². The van der Waals surface area contributed by atoms with Gasteiger partial charge in [0, 0.05) is 6.92 Å². The number of aliphatic hydroxyl groups excluding tert-OH is 2. The van der Waals surface area contributed by atoms with Crippen LogP contribution in [0.1, 0.15) is 12.5 Å². The Bertz CT molecular complexity index is 487. The molecule has 2 rings (SSSR count). The zero-order valence-corrected chi connectivity index (χ0v) is 12.5. The summed E-state index contributed by atoms with van der Waals surface area (Å²) in [6, 6.07) is 7.29. The standard InChI is InChI=1S/C15H20O7/c1-9(16)22-14-13(17)12(8-21-15(14)18)20-7-10-3-5-11(19-2)6-4-10/h3-6,12-15,17-18H,7-8H2,1-2H3/t12-,13+,14-,15-/m1/s1. The van der Waals surface area contributed by atoms with E-state index in [2.05, 4.69) is 0 Å². The first-order valence-corrected chi connectivity index (χ1v) is 6.90. The van der Waals surface area contributed by atoms with Gasteiger partial charge in [0.1, 0.15) is 18.0 Å². The fourth-order valence-corrected chi connectivity index (χ4v) is 2.16. The Hall–Kier alpha value is -1.67. The molecule has 0 bridgehead atoms. The van der Waals surface area contributed by atoms with Crippen molar-refractivity contribution in [1.29, 1.82) is 0 Å². The van der Waals surface area contributed by atoms with E-state index in [1.54, 1.807) is 19.2 Å². The molecule has 0 aromatic heterocycles. The summed E-state index contributed by atoms with van der Waals surface area (Å²) < 4.78 is 20.6. The maximum Gasteiger partial charge on any atom is 0.303 e. The van der Waals surface area contributed by atoms with Crippen LogP contribution >= 0.6 is 0 Å². The fraction of sp³-hybridized carbons (Fsp3) is 0.533. The van der Waals surface area contributed by atoms with E-state index in [-0.39, 0.29) is 13.2 Å². The zero-order chi connectivity index (χ0) is 16.1. The first-order chi connectivity index (χ1) is 10.5. The molecule has 1 saturated heterocycles. The number of hydrogen-bond donors (Lipinski definition) is 2. The molecule has 1 aliphatic heterocycles. The van der Waals surface area contributed by atoms with Gasteiger partial charge in [-0.05, 0) is 17.7 Å². The van der Waals surface area contributed by atoms with Gasteiger partial charge in [0.15, 0.2) is 12.4 Å². The number of esters is 1. The van der Waals surface area contributed by atoms with Crippen LogP contribution in [0.3, 0.4) is 0 Å². The van der Waals surface area contributed by atoms with E-state index in [0.29, 0.717) is 0 Å². The summed E-state index contributed by atoms with van der Waals surface area (Å²) in [5.41, 5.74) is 0.892. The van der Waals surface area contributed by atoms with E-state index in [1.807, 2.05) is 12.1 Å². The SMILES string of the molecule is COc1ccc(CO[C@@H]2CO[C@@H](O)[C@H](OC(C)=O)[C@H]2O)cc1. The number of rotatable bonds is 5. The van der Waals surface area contributed by atoms with Crippen molar-refractivity contribution < 1.29 is 34.0 Å². The lowest BCUT2D eigenvalue weighted by Crippen LogP contribution is -2.55. The van der Waals surface area contributed by atoms with Gasteiger partial charge in [0.25, 0.3) is 0 Å². The number of benzene rings is 1. The van der Waals surface area contributed by atoms with Crippen molar-refractivity contribution in [3.63, 3.8) is 0 Å². The largest absolute Gasteiger partial charge is 0.497 e. The molecule has 4 atom stereocenters. The molecule has 22 heavy (non-hydrogen) atoms. The summed E-state index contributed by atoms with van der Waals surface area (Å²) >= 11 is 0. The van der Waals surface area contributed by atoms with Gasteiger partial charge < -0.3 is 29.2 Å². The molecule has 0 amide bonds. The first-order valence-electron chi connectivity index (χ1n) is 6.90. The molecule has 0 radical (unpaired) electrons. The van der Waals surface area contributed by atoms with Crippen molar-refractivity contribution in [2.45, 2.75) is 38.1 Å². The number of ether oxygens (including phenoxy) is 4. The van der Waals surface area contributed by atoms with Crippen molar-refractivity contribution in [1.82, 2.24) is 0 Å². The minimum Gasteiger partial charge on any atom is -0.497 e. The quantitative estimate of drug-likeness (QED) is 0.751. The van der Waals surface area contributed by atoms with Crippen molar-refractivity contribution in [3.8, 4) is 5.75 Å². The zero-order valence-electron chi connectivity index (χ0n) is 12.5. The second kappa shape index (κ2) is 7.55. The third-order valence-corrected chi connectivity index (χ3v) is 3.35. The van der Waals surface area contributed by atoms with E-state index in [0.717, 1.165) is 11.3 Å². The normalized spacial score (nSPS) is 28.2. The average molecular weight is 312 g/mol. The third-order valence-electron chi connectivity index (χ3n) is 3.35. The Morgan fingerprint density at radius 1 is 1.32 bits per heavy atom. The van der Waals surface area contributed by atoms with Crippen LogP contribution < -0.4 is 4.74 Å². The molecule has 0 unspecified atom stereocenters. The molecule has 7 heteroatoms. The smallest absolute Gasteiger partial charge is 0.303 e. The average Bonchev–Trinajstić information content (AvgIpc) is 2.51.